The number of methoxy groups -OCH3 is 1. The van der Waals surface area contributed by atoms with Gasteiger partial charge in [0.05, 0.1) is 7.11 Å². The molecule has 0 bridgehead atoms. The highest BCUT2D eigenvalue weighted by molar-refractivity contribution is 5.91. The van der Waals surface area contributed by atoms with Crippen LogP contribution in [0.1, 0.15) is 11.3 Å². The second kappa shape index (κ2) is 4.45. The molecule has 1 heterocycles. The summed E-state index contributed by atoms with van der Waals surface area (Å²) in [5, 5.41) is 1.21. The van der Waals surface area contributed by atoms with E-state index in [2.05, 4.69) is 28.4 Å². The summed E-state index contributed by atoms with van der Waals surface area (Å²) in [6.45, 7) is 2.05. The fourth-order valence-electron chi connectivity index (χ4n) is 2.05. The topological polar surface area (TPSA) is 31.2 Å². The molecule has 1 aromatic carbocycles. The first-order valence-corrected chi connectivity index (χ1v) is 5.45. The number of hydrogen-bond donors (Lipinski definition) is 0. The molecule has 0 amide bonds. The van der Waals surface area contributed by atoms with Gasteiger partial charge < -0.3 is 9.30 Å². The summed E-state index contributed by atoms with van der Waals surface area (Å²) >= 11 is 0. The summed E-state index contributed by atoms with van der Waals surface area (Å²) in [7, 11) is 3.37. The molecule has 3 heteroatoms. The molecular formula is C14H15NO2. The SMILES string of the molecule is COC(=O)/C=C/c1c(C)c2ccccc2n1C. The van der Waals surface area contributed by atoms with Crippen LogP contribution in [0.3, 0.4) is 0 Å². The van der Waals surface area contributed by atoms with E-state index in [1.54, 1.807) is 6.08 Å². The molecule has 2 rings (SSSR count). The van der Waals surface area contributed by atoms with Gasteiger partial charge in [-0.05, 0) is 24.6 Å². The van der Waals surface area contributed by atoms with Gasteiger partial charge in [-0.15, -0.1) is 0 Å². The summed E-state index contributed by atoms with van der Waals surface area (Å²) in [6, 6.07) is 8.18. The van der Waals surface area contributed by atoms with Gasteiger partial charge in [0.25, 0.3) is 0 Å². The minimum atomic E-state index is -0.338. The molecule has 0 spiro atoms. The Bertz CT molecular complexity index is 555. The van der Waals surface area contributed by atoms with E-state index in [0.717, 1.165) is 11.2 Å². The molecule has 0 saturated carbocycles. The van der Waals surface area contributed by atoms with E-state index in [0.29, 0.717) is 0 Å². The number of hydrogen-bond acceptors (Lipinski definition) is 2. The Labute approximate surface area is 100 Å². The van der Waals surface area contributed by atoms with E-state index >= 15 is 0 Å². The van der Waals surface area contributed by atoms with Crippen molar-refractivity contribution in [3.63, 3.8) is 0 Å². The number of aryl methyl sites for hydroxylation is 2. The Kier molecular flexibility index (Phi) is 3.00. The number of rotatable bonds is 2. The van der Waals surface area contributed by atoms with Crippen LogP contribution in [0.25, 0.3) is 17.0 Å². The lowest BCUT2D eigenvalue weighted by Crippen LogP contribution is -1.96. The number of carbonyl (C=O) groups is 1. The fourth-order valence-corrected chi connectivity index (χ4v) is 2.05. The summed E-state index contributed by atoms with van der Waals surface area (Å²) in [5.74, 6) is -0.338. The largest absolute Gasteiger partial charge is 0.466 e. The lowest BCUT2D eigenvalue weighted by molar-refractivity contribution is -0.134. The molecule has 0 radical (unpaired) electrons. The highest BCUT2D eigenvalue weighted by Crippen LogP contribution is 2.25. The molecule has 3 nitrogen and oxygen atoms in total. The highest BCUT2D eigenvalue weighted by Gasteiger charge is 2.08. The van der Waals surface area contributed by atoms with Crippen molar-refractivity contribution >= 4 is 22.9 Å². The predicted molar refractivity (Wildman–Crippen MR) is 68.7 cm³/mol. The van der Waals surface area contributed by atoms with E-state index in [9.17, 15) is 4.79 Å². The second-order valence-electron chi connectivity index (χ2n) is 3.94. The Morgan fingerprint density at radius 2 is 2.06 bits per heavy atom. The van der Waals surface area contributed by atoms with Crippen LogP contribution in [-0.4, -0.2) is 17.6 Å². The Hall–Kier alpha value is -2.03. The third-order valence-electron chi connectivity index (χ3n) is 2.99. The molecular weight excluding hydrogens is 214 g/mol. The Balaban J connectivity index is 2.55. The maximum absolute atomic E-state index is 11.1. The average Bonchev–Trinajstić information content (AvgIpc) is 2.60. The van der Waals surface area contributed by atoms with Gasteiger partial charge in [0.2, 0.25) is 0 Å². The van der Waals surface area contributed by atoms with E-state index in [1.807, 2.05) is 19.2 Å². The maximum Gasteiger partial charge on any atom is 0.330 e. The third-order valence-corrected chi connectivity index (χ3v) is 2.99. The van der Waals surface area contributed by atoms with Crippen molar-refractivity contribution in [2.24, 2.45) is 7.05 Å². The number of carbonyl (C=O) groups excluding carboxylic acids is 1. The van der Waals surface area contributed by atoms with Crippen molar-refractivity contribution in [3.8, 4) is 0 Å². The first kappa shape index (κ1) is 11.5. The number of esters is 1. The number of para-hydroxylation sites is 1. The van der Waals surface area contributed by atoms with Crippen molar-refractivity contribution in [2.45, 2.75) is 6.92 Å². The molecule has 0 aliphatic rings. The van der Waals surface area contributed by atoms with Crippen LogP contribution < -0.4 is 0 Å². The zero-order chi connectivity index (χ0) is 12.4. The molecule has 0 fully saturated rings. The monoisotopic (exact) mass is 229 g/mol. The smallest absolute Gasteiger partial charge is 0.330 e. The Morgan fingerprint density at radius 3 is 2.71 bits per heavy atom. The Morgan fingerprint density at radius 1 is 1.35 bits per heavy atom. The summed E-state index contributed by atoms with van der Waals surface area (Å²) in [5.41, 5.74) is 3.36. The number of aromatic nitrogens is 1. The molecule has 0 unspecified atom stereocenters. The summed E-state index contributed by atoms with van der Waals surface area (Å²) < 4.78 is 6.66. The average molecular weight is 229 g/mol. The normalized spacial score (nSPS) is 11.2. The molecule has 17 heavy (non-hydrogen) atoms. The van der Waals surface area contributed by atoms with E-state index in [1.165, 1.54) is 24.1 Å². The van der Waals surface area contributed by atoms with Crippen molar-refractivity contribution in [3.05, 3.63) is 41.6 Å². The zero-order valence-electron chi connectivity index (χ0n) is 10.2. The van der Waals surface area contributed by atoms with Gasteiger partial charge >= 0.3 is 5.97 Å². The number of benzene rings is 1. The maximum atomic E-state index is 11.1. The molecule has 0 atom stereocenters. The lowest BCUT2D eigenvalue weighted by atomic mass is 10.1. The van der Waals surface area contributed by atoms with Crippen LogP contribution >= 0.6 is 0 Å². The summed E-state index contributed by atoms with van der Waals surface area (Å²) in [6.07, 6.45) is 3.24. The van der Waals surface area contributed by atoms with Crippen molar-refractivity contribution in [1.82, 2.24) is 4.57 Å². The second-order valence-corrected chi connectivity index (χ2v) is 3.94. The van der Waals surface area contributed by atoms with Crippen molar-refractivity contribution in [1.29, 1.82) is 0 Å². The van der Waals surface area contributed by atoms with E-state index in [-0.39, 0.29) is 5.97 Å². The number of nitrogens with zero attached hydrogens (tertiary/aromatic N) is 1. The van der Waals surface area contributed by atoms with Gasteiger partial charge in [-0.2, -0.15) is 0 Å². The summed E-state index contributed by atoms with van der Waals surface area (Å²) in [4.78, 5) is 11.1. The van der Waals surface area contributed by atoms with Crippen LogP contribution in [0.15, 0.2) is 30.3 Å². The highest BCUT2D eigenvalue weighted by atomic mass is 16.5. The first-order chi connectivity index (χ1) is 8.15. The molecule has 0 N–H and O–H groups in total. The van der Waals surface area contributed by atoms with Crippen LogP contribution in [0.2, 0.25) is 0 Å². The van der Waals surface area contributed by atoms with Gasteiger partial charge in [0.1, 0.15) is 0 Å². The van der Waals surface area contributed by atoms with Crippen LogP contribution in [0.4, 0.5) is 0 Å². The van der Waals surface area contributed by atoms with Crippen LogP contribution in [0.5, 0.6) is 0 Å². The third kappa shape index (κ3) is 1.96. The van der Waals surface area contributed by atoms with Gasteiger partial charge in [-0.3, -0.25) is 0 Å². The van der Waals surface area contributed by atoms with Gasteiger partial charge in [-0.25, -0.2) is 4.79 Å². The van der Waals surface area contributed by atoms with Crippen LogP contribution in [0, 0.1) is 6.92 Å². The molecule has 0 saturated heterocycles. The van der Waals surface area contributed by atoms with E-state index in [4.69, 9.17) is 0 Å². The van der Waals surface area contributed by atoms with Gasteiger partial charge in [0.15, 0.2) is 0 Å². The predicted octanol–water partition coefficient (Wildman–Crippen LogP) is 2.67. The molecule has 1 aromatic heterocycles. The lowest BCUT2D eigenvalue weighted by Gasteiger charge is -1.99. The molecule has 0 aliphatic heterocycles. The first-order valence-electron chi connectivity index (χ1n) is 5.45. The van der Waals surface area contributed by atoms with Gasteiger partial charge in [0, 0.05) is 29.7 Å². The number of fused-ring (bicyclic) bond motifs is 1. The van der Waals surface area contributed by atoms with E-state index < -0.39 is 0 Å². The standard InChI is InChI=1S/C14H15NO2/c1-10-11-6-4-5-7-13(11)15(2)12(10)8-9-14(16)17-3/h4-9H,1-3H3/b9-8+. The zero-order valence-corrected chi connectivity index (χ0v) is 10.2. The molecule has 2 aromatic rings. The van der Waals surface area contributed by atoms with Gasteiger partial charge in [-0.1, -0.05) is 18.2 Å². The van der Waals surface area contributed by atoms with Crippen molar-refractivity contribution in [2.75, 3.05) is 7.11 Å². The minimum Gasteiger partial charge on any atom is -0.466 e. The minimum absolute atomic E-state index is 0.338. The van der Waals surface area contributed by atoms with Crippen molar-refractivity contribution < 1.29 is 9.53 Å². The fraction of sp³-hybridized carbons (Fsp3) is 0.214. The quantitative estimate of drug-likeness (QED) is 0.585. The number of ether oxygens (including phenoxy) is 1. The molecule has 0 aliphatic carbocycles. The molecule has 88 valence electrons. The van der Waals surface area contributed by atoms with Crippen LogP contribution in [-0.2, 0) is 16.6 Å².